The Balaban J connectivity index is 1.31. The number of anilines is 2. The van der Waals surface area contributed by atoms with Crippen molar-refractivity contribution in [2.24, 2.45) is 11.8 Å². The van der Waals surface area contributed by atoms with E-state index in [1.165, 1.54) is 5.01 Å². The van der Waals surface area contributed by atoms with E-state index in [1.54, 1.807) is 60.8 Å². The van der Waals surface area contributed by atoms with Gasteiger partial charge in [-0.2, -0.15) is 5.26 Å². The zero-order chi connectivity index (χ0) is 25.9. The summed E-state index contributed by atoms with van der Waals surface area (Å²) in [4.78, 5) is 42.8. The van der Waals surface area contributed by atoms with Gasteiger partial charge >= 0.3 is 0 Å². The lowest BCUT2D eigenvalue weighted by molar-refractivity contribution is -0.139. The van der Waals surface area contributed by atoms with Gasteiger partial charge in [0.15, 0.2) is 0 Å². The third kappa shape index (κ3) is 4.77. The summed E-state index contributed by atoms with van der Waals surface area (Å²) in [7, 11) is 0. The van der Waals surface area contributed by atoms with Crippen LogP contribution in [0.25, 0.3) is 0 Å². The predicted octanol–water partition coefficient (Wildman–Crippen LogP) is 4.27. The maximum absolute atomic E-state index is 13.1. The van der Waals surface area contributed by atoms with Gasteiger partial charge in [-0.15, -0.1) is 0 Å². The molecule has 37 heavy (non-hydrogen) atoms. The third-order valence-electron chi connectivity index (χ3n) is 6.45. The van der Waals surface area contributed by atoms with Crippen LogP contribution < -0.4 is 20.5 Å². The lowest BCUT2D eigenvalue weighted by atomic mass is 9.80. The highest BCUT2D eigenvalue weighted by Crippen LogP contribution is 2.33. The van der Waals surface area contributed by atoms with Crippen LogP contribution in [0, 0.1) is 30.1 Å². The van der Waals surface area contributed by atoms with Crippen LogP contribution in [0.2, 0.25) is 0 Å². The second-order valence-electron chi connectivity index (χ2n) is 8.86. The summed E-state index contributed by atoms with van der Waals surface area (Å²) >= 11 is 0. The monoisotopic (exact) mass is 493 g/mol. The Bertz CT molecular complexity index is 1480. The lowest BCUT2D eigenvalue weighted by Crippen LogP contribution is -2.59. The Morgan fingerprint density at radius 3 is 2.70 bits per heavy atom. The first kappa shape index (κ1) is 23.8. The van der Waals surface area contributed by atoms with E-state index < -0.39 is 5.92 Å². The van der Waals surface area contributed by atoms with Crippen molar-refractivity contribution in [2.75, 3.05) is 10.3 Å². The Morgan fingerprint density at radius 1 is 1.11 bits per heavy atom. The highest BCUT2D eigenvalue weighted by Gasteiger charge is 2.42. The number of amides is 3. The molecule has 2 heterocycles. The van der Waals surface area contributed by atoms with Crippen LogP contribution in [-0.4, -0.2) is 22.7 Å². The summed E-state index contributed by atoms with van der Waals surface area (Å²) in [6.45, 7) is 1.82. The van der Waals surface area contributed by atoms with Gasteiger partial charge < -0.3 is 10.1 Å². The van der Waals surface area contributed by atoms with E-state index in [1.807, 2.05) is 25.1 Å². The molecule has 3 aromatic rings. The number of hydrogen-bond acceptors (Lipinski definition) is 6. The molecule has 1 aromatic heterocycles. The van der Waals surface area contributed by atoms with E-state index in [2.05, 4.69) is 15.7 Å². The van der Waals surface area contributed by atoms with E-state index in [0.29, 0.717) is 41.1 Å². The van der Waals surface area contributed by atoms with Crippen LogP contribution in [0.4, 0.5) is 11.4 Å². The molecule has 1 fully saturated rings. The van der Waals surface area contributed by atoms with Crippen LogP contribution in [0.1, 0.15) is 34.3 Å². The third-order valence-corrected chi connectivity index (χ3v) is 6.45. The first-order valence-electron chi connectivity index (χ1n) is 11.8. The van der Waals surface area contributed by atoms with Crippen molar-refractivity contribution in [3.8, 4) is 17.7 Å². The standard InChI is InChI=1S/C28H23N5O4/c1-17-14-21(37-27-19(16-29)7-5-13-30-27)11-12-24(17)31-25(34)18-6-4-8-20(15-18)33-28(36)23-10-3-2-9-22(23)26(35)32-33/h2-8,11-15,22-23H,9-10H2,1H3,(H,31,34)(H,32,35). The highest BCUT2D eigenvalue weighted by molar-refractivity contribution is 6.07. The zero-order valence-corrected chi connectivity index (χ0v) is 20.0. The smallest absolute Gasteiger partial charge is 0.255 e. The molecule has 2 aromatic carbocycles. The SMILES string of the molecule is Cc1cc(Oc2ncccc2C#N)ccc1NC(=O)c1cccc(N2NC(=O)C3CC=CCC3C2=O)c1. The quantitative estimate of drug-likeness (QED) is 0.512. The van der Waals surface area contributed by atoms with E-state index in [-0.39, 0.29) is 29.5 Å². The summed E-state index contributed by atoms with van der Waals surface area (Å²) in [5.41, 5.74) is 5.06. The largest absolute Gasteiger partial charge is 0.438 e. The number of benzene rings is 2. The number of hydrazine groups is 1. The van der Waals surface area contributed by atoms with Gasteiger partial charge in [0.2, 0.25) is 17.7 Å². The van der Waals surface area contributed by atoms with Crippen molar-refractivity contribution in [1.82, 2.24) is 10.4 Å². The minimum Gasteiger partial charge on any atom is -0.438 e. The molecule has 9 heteroatoms. The molecule has 0 saturated carbocycles. The summed E-state index contributed by atoms with van der Waals surface area (Å²) in [5.74, 6) is -0.853. The molecule has 5 rings (SSSR count). The van der Waals surface area contributed by atoms with Crippen molar-refractivity contribution in [1.29, 1.82) is 5.26 Å². The van der Waals surface area contributed by atoms with Gasteiger partial charge in [0.25, 0.3) is 5.91 Å². The van der Waals surface area contributed by atoms with E-state index >= 15 is 0 Å². The number of allylic oxidation sites excluding steroid dienone is 2. The fraction of sp³-hybridized carbons (Fsp3) is 0.179. The second kappa shape index (κ2) is 9.95. The molecule has 184 valence electrons. The molecule has 1 saturated heterocycles. The van der Waals surface area contributed by atoms with Crippen molar-refractivity contribution in [2.45, 2.75) is 19.8 Å². The number of nitrogens with zero attached hydrogens (tertiary/aromatic N) is 3. The summed E-state index contributed by atoms with van der Waals surface area (Å²) < 4.78 is 5.74. The van der Waals surface area contributed by atoms with Crippen molar-refractivity contribution in [3.05, 3.63) is 89.6 Å². The van der Waals surface area contributed by atoms with Gasteiger partial charge in [-0.1, -0.05) is 18.2 Å². The van der Waals surface area contributed by atoms with E-state index in [9.17, 15) is 19.6 Å². The number of aryl methyl sites for hydroxylation is 1. The Morgan fingerprint density at radius 2 is 1.92 bits per heavy atom. The van der Waals surface area contributed by atoms with Gasteiger partial charge in [-0.3, -0.25) is 19.8 Å². The number of fused-ring (bicyclic) bond motifs is 1. The molecule has 2 N–H and O–H groups in total. The van der Waals surface area contributed by atoms with Gasteiger partial charge in [0.05, 0.1) is 17.5 Å². The minimum atomic E-state index is -0.407. The van der Waals surface area contributed by atoms with Crippen molar-refractivity contribution in [3.63, 3.8) is 0 Å². The molecule has 2 aliphatic rings. The topological polar surface area (TPSA) is 124 Å². The first-order chi connectivity index (χ1) is 17.9. The Kier molecular flexibility index (Phi) is 6.39. The Labute approximate surface area is 213 Å². The number of ether oxygens (including phenoxy) is 1. The maximum Gasteiger partial charge on any atom is 0.255 e. The second-order valence-corrected chi connectivity index (χ2v) is 8.86. The molecule has 2 unspecified atom stereocenters. The average Bonchev–Trinajstić information content (AvgIpc) is 2.92. The van der Waals surface area contributed by atoms with Crippen LogP contribution >= 0.6 is 0 Å². The fourth-order valence-corrected chi connectivity index (χ4v) is 4.47. The lowest BCUT2D eigenvalue weighted by Gasteiger charge is -2.38. The number of hydrogen-bond donors (Lipinski definition) is 2. The molecule has 2 atom stereocenters. The first-order valence-corrected chi connectivity index (χ1v) is 11.8. The highest BCUT2D eigenvalue weighted by atomic mass is 16.5. The van der Waals surface area contributed by atoms with Gasteiger partial charge in [-0.05, 0) is 73.9 Å². The molecular weight excluding hydrogens is 470 g/mol. The molecule has 1 aliphatic carbocycles. The van der Waals surface area contributed by atoms with Crippen LogP contribution in [0.5, 0.6) is 11.6 Å². The van der Waals surface area contributed by atoms with Gasteiger partial charge in [0, 0.05) is 17.4 Å². The van der Waals surface area contributed by atoms with Crippen LogP contribution in [-0.2, 0) is 9.59 Å². The number of rotatable bonds is 5. The number of carbonyl (C=O) groups is 3. The number of nitriles is 1. The number of carbonyl (C=O) groups excluding carboxylic acids is 3. The molecule has 0 bridgehead atoms. The van der Waals surface area contributed by atoms with Gasteiger partial charge in [-0.25, -0.2) is 9.99 Å². The minimum absolute atomic E-state index is 0.189. The summed E-state index contributed by atoms with van der Waals surface area (Å²) in [6.07, 6.45) is 6.46. The molecular formula is C28H23N5O4. The fourth-order valence-electron chi connectivity index (χ4n) is 4.47. The van der Waals surface area contributed by atoms with Crippen molar-refractivity contribution < 1.29 is 19.1 Å². The molecule has 0 spiro atoms. The average molecular weight is 494 g/mol. The molecule has 9 nitrogen and oxygen atoms in total. The molecule has 3 amide bonds. The summed E-state index contributed by atoms with van der Waals surface area (Å²) in [6, 6.07) is 17.0. The van der Waals surface area contributed by atoms with Crippen molar-refractivity contribution >= 4 is 29.1 Å². The zero-order valence-electron chi connectivity index (χ0n) is 20.0. The number of aromatic nitrogens is 1. The van der Waals surface area contributed by atoms with Crippen LogP contribution in [0.3, 0.4) is 0 Å². The van der Waals surface area contributed by atoms with E-state index in [4.69, 9.17) is 4.74 Å². The predicted molar refractivity (Wildman–Crippen MR) is 136 cm³/mol. The maximum atomic E-state index is 13.1. The van der Waals surface area contributed by atoms with Gasteiger partial charge in [0.1, 0.15) is 17.4 Å². The Hall–Kier alpha value is -4.97. The molecule has 1 aliphatic heterocycles. The van der Waals surface area contributed by atoms with Crippen LogP contribution in [0.15, 0.2) is 72.9 Å². The number of nitrogens with one attached hydrogen (secondary N) is 2. The normalized spacial score (nSPS) is 18.4. The molecule has 0 radical (unpaired) electrons. The summed E-state index contributed by atoms with van der Waals surface area (Å²) in [5, 5.41) is 13.3. The number of pyridine rings is 1. The van der Waals surface area contributed by atoms with E-state index in [0.717, 1.165) is 5.56 Å².